The number of hydrogen-bond acceptors (Lipinski definition) is 1. The predicted molar refractivity (Wildman–Crippen MR) is 58.3 cm³/mol. The summed E-state index contributed by atoms with van der Waals surface area (Å²) < 4.78 is 2.05. The number of benzene rings is 1. The molecule has 14 heavy (non-hydrogen) atoms. The van der Waals surface area contributed by atoms with Crippen molar-refractivity contribution in [3.8, 4) is 0 Å². The Kier molecular flexibility index (Phi) is 2.08. The van der Waals surface area contributed by atoms with E-state index in [1.165, 1.54) is 16.5 Å². The molecule has 2 rings (SSSR count). The van der Waals surface area contributed by atoms with Crippen LogP contribution in [0.25, 0.3) is 10.9 Å². The average Bonchev–Trinajstić information content (AvgIpc) is 2.44. The van der Waals surface area contributed by atoms with E-state index >= 15 is 0 Å². The highest BCUT2D eigenvalue weighted by molar-refractivity contribution is 5.82. The number of fused-ring (bicyclic) bond motifs is 1. The number of rotatable bonds is 1. The minimum Gasteiger partial charge on any atom is -0.387 e. The van der Waals surface area contributed by atoms with Crippen molar-refractivity contribution < 1.29 is 5.11 Å². The Bertz CT molecular complexity index is 468. The zero-order chi connectivity index (χ0) is 10.3. The molecule has 1 unspecified atom stereocenters. The maximum Gasteiger partial charge on any atom is 0.0912 e. The van der Waals surface area contributed by atoms with Gasteiger partial charge in [0.2, 0.25) is 0 Å². The molecule has 1 N–H and O–H groups in total. The van der Waals surface area contributed by atoms with E-state index < -0.39 is 6.10 Å². The molecule has 0 saturated carbocycles. The van der Waals surface area contributed by atoms with Crippen molar-refractivity contribution in [3.05, 3.63) is 35.5 Å². The highest BCUT2D eigenvalue weighted by Gasteiger charge is 2.09. The van der Waals surface area contributed by atoms with Gasteiger partial charge >= 0.3 is 0 Å². The summed E-state index contributed by atoms with van der Waals surface area (Å²) in [5.74, 6) is 0. The van der Waals surface area contributed by atoms with Crippen LogP contribution in [0.2, 0.25) is 0 Å². The molecule has 74 valence electrons. The van der Waals surface area contributed by atoms with Gasteiger partial charge < -0.3 is 9.67 Å². The quantitative estimate of drug-likeness (QED) is 0.732. The molecular formula is C12H15NO. The zero-order valence-electron chi connectivity index (χ0n) is 8.78. The Morgan fingerprint density at radius 3 is 2.64 bits per heavy atom. The molecule has 2 heteroatoms. The highest BCUT2D eigenvalue weighted by atomic mass is 16.3. The summed E-state index contributed by atoms with van der Waals surface area (Å²) in [5, 5.41) is 10.7. The molecule has 0 bridgehead atoms. The molecule has 0 saturated heterocycles. The Hall–Kier alpha value is -1.28. The lowest BCUT2D eigenvalue weighted by atomic mass is 10.2. The van der Waals surface area contributed by atoms with Gasteiger partial charge in [-0.05, 0) is 36.9 Å². The second-order valence-electron chi connectivity index (χ2n) is 3.87. The third-order valence-corrected chi connectivity index (χ3v) is 2.67. The van der Waals surface area contributed by atoms with Crippen LogP contribution in [0.3, 0.4) is 0 Å². The second-order valence-corrected chi connectivity index (χ2v) is 3.87. The molecule has 1 aromatic carbocycles. The predicted octanol–water partition coefficient (Wildman–Crippen LogP) is 2.54. The van der Waals surface area contributed by atoms with Crippen molar-refractivity contribution in [2.75, 3.05) is 0 Å². The SMILES string of the molecule is Cc1ccc2cc(C(C)O)n(C)c2c1. The van der Waals surface area contributed by atoms with Crippen molar-refractivity contribution in [2.45, 2.75) is 20.0 Å². The van der Waals surface area contributed by atoms with Gasteiger partial charge in [0, 0.05) is 18.3 Å². The molecule has 0 aliphatic carbocycles. The molecule has 1 aromatic heterocycles. The number of aliphatic hydroxyl groups excluding tert-OH is 1. The van der Waals surface area contributed by atoms with Gasteiger partial charge in [-0.3, -0.25) is 0 Å². The van der Waals surface area contributed by atoms with Gasteiger partial charge in [0.05, 0.1) is 6.10 Å². The number of hydrogen-bond donors (Lipinski definition) is 1. The highest BCUT2D eigenvalue weighted by Crippen LogP contribution is 2.23. The van der Waals surface area contributed by atoms with Crippen LogP contribution in [0.15, 0.2) is 24.3 Å². The van der Waals surface area contributed by atoms with Crippen molar-refractivity contribution in [3.63, 3.8) is 0 Å². The van der Waals surface area contributed by atoms with Crippen LogP contribution < -0.4 is 0 Å². The van der Waals surface area contributed by atoms with Gasteiger partial charge in [0.15, 0.2) is 0 Å². The number of aliphatic hydroxyl groups is 1. The molecule has 0 spiro atoms. The maximum absolute atomic E-state index is 9.55. The van der Waals surface area contributed by atoms with E-state index in [-0.39, 0.29) is 0 Å². The molecule has 1 heterocycles. The topological polar surface area (TPSA) is 25.2 Å². The van der Waals surface area contributed by atoms with Gasteiger partial charge in [0.1, 0.15) is 0 Å². The third kappa shape index (κ3) is 1.32. The van der Waals surface area contributed by atoms with Crippen LogP contribution >= 0.6 is 0 Å². The zero-order valence-corrected chi connectivity index (χ0v) is 8.78. The first-order chi connectivity index (χ1) is 6.59. The lowest BCUT2D eigenvalue weighted by Crippen LogP contribution is -1.99. The van der Waals surface area contributed by atoms with E-state index in [9.17, 15) is 5.11 Å². The van der Waals surface area contributed by atoms with Crippen LogP contribution in [0.4, 0.5) is 0 Å². The summed E-state index contributed by atoms with van der Waals surface area (Å²) in [6, 6.07) is 8.37. The fourth-order valence-electron chi connectivity index (χ4n) is 1.86. The molecular weight excluding hydrogens is 174 g/mol. The van der Waals surface area contributed by atoms with Gasteiger partial charge in [0.25, 0.3) is 0 Å². The summed E-state index contributed by atoms with van der Waals surface area (Å²) in [4.78, 5) is 0. The average molecular weight is 189 g/mol. The molecule has 2 nitrogen and oxygen atoms in total. The summed E-state index contributed by atoms with van der Waals surface area (Å²) in [5.41, 5.74) is 3.39. The van der Waals surface area contributed by atoms with Crippen LogP contribution in [-0.2, 0) is 7.05 Å². The van der Waals surface area contributed by atoms with E-state index in [4.69, 9.17) is 0 Å². The molecule has 2 aromatic rings. The Morgan fingerprint density at radius 2 is 2.00 bits per heavy atom. The van der Waals surface area contributed by atoms with E-state index in [1.807, 2.05) is 17.7 Å². The first-order valence-corrected chi connectivity index (χ1v) is 4.83. The third-order valence-electron chi connectivity index (χ3n) is 2.67. The minimum absolute atomic E-state index is 0.410. The van der Waals surface area contributed by atoms with E-state index in [0.717, 1.165) is 5.69 Å². The normalized spacial score (nSPS) is 13.4. The van der Waals surface area contributed by atoms with Gasteiger partial charge in [-0.2, -0.15) is 0 Å². The minimum atomic E-state index is -0.410. The number of aromatic nitrogens is 1. The fraction of sp³-hybridized carbons (Fsp3) is 0.333. The van der Waals surface area contributed by atoms with Gasteiger partial charge in [-0.15, -0.1) is 0 Å². The first-order valence-electron chi connectivity index (χ1n) is 4.83. The van der Waals surface area contributed by atoms with Crippen molar-refractivity contribution >= 4 is 10.9 Å². The second kappa shape index (κ2) is 3.14. The lowest BCUT2D eigenvalue weighted by Gasteiger charge is -2.06. The van der Waals surface area contributed by atoms with Crippen LogP contribution in [0.5, 0.6) is 0 Å². The van der Waals surface area contributed by atoms with Gasteiger partial charge in [-0.25, -0.2) is 0 Å². The Morgan fingerprint density at radius 1 is 1.29 bits per heavy atom. The molecule has 1 atom stereocenters. The number of aryl methyl sites for hydroxylation is 2. The van der Waals surface area contributed by atoms with Crippen LogP contribution in [-0.4, -0.2) is 9.67 Å². The summed E-state index contributed by atoms with van der Waals surface area (Å²) in [6.07, 6.45) is -0.410. The summed E-state index contributed by atoms with van der Waals surface area (Å²) in [7, 11) is 1.99. The maximum atomic E-state index is 9.55. The smallest absolute Gasteiger partial charge is 0.0912 e. The number of nitrogens with zero attached hydrogens (tertiary/aromatic N) is 1. The molecule has 0 radical (unpaired) electrons. The molecule has 0 amide bonds. The Balaban J connectivity index is 2.74. The Labute approximate surface area is 83.8 Å². The molecule has 0 aliphatic rings. The van der Waals surface area contributed by atoms with E-state index in [0.29, 0.717) is 0 Å². The van der Waals surface area contributed by atoms with Crippen molar-refractivity contribution in [1.29, 1.82) is 0 Å². The molecule has 0 fully saturated rings. The summed E-state index contributed by atoms with van der Waals surface area (Å²) >= 11 is 0. The monoisotopic (exact) mass is 189 g/mol. The largest absolute Gasteiger partial charge is 0.387 e. The lowest BCUT2D eigenvalue weighted by molar-refractivity contribution is 0.191. The summed E-state index contributed by atoms with van der Waals surface area (Å²) in [6.45, 7) is 3.87. The van der Waals surface area contributed by atoms with Crippen LogP contribution in [0, 0.1) is 6.92 Å². The first kappa shape index (κ1) is 9.28. The van der Waals surface area contributed by atoms with Gasteiger partial charge in [-0.1, -0.05) is 12.1 Å². The van der Waals surface area contributed by atoms with E-state index in [2.05, 4.69) is 25.1 Å². The van der Waals surface area contributed by atoms with Crippen LogP contribution in [0.1, 0.15) is 24.3 Å². The van der Waals surface area contributed by atoms with Crippen molar-refractivity contribution in [2.24, 2.45) is 7.05 Å². The molecule has 0 aliphatic heterocycles. The standard InChI is InChI=1S/C12H15NO/c1-8-4-5-10-7-11(9(2)14)13(3)12(10)6-8/h4-7,9,14H,1-3H3. The van der Waals surface area contributed by atoms with E-state index in [1.54, 1.807) is 6.92 Å². The van der Waals surface area contributed by atoms with Crippen molar-refractivity contribution in [1.82, 2.24) is 4.57 Å². The fourth-order valence-corrected chi connectivity index (χ4v) is 1.86.